The maximum absolute atomic E-state index is 11.8. The van der Waals surface area contributed by atoms with Gasteiger partial charge in [0.05, 0.1) is 12.2 Å². The molecule has 1 heterocycles. The Hall–Kier alpha value is -0.360. The fourth-order valence-electron chi connectivity index (χ4n) is 2.21. The number of carbonyl (C=O) groups excluding carboxylic acids is 1. The topological polar surface area (TPSA) is 59.2 Å². The summed E-state index contributed by atoms with van der Waals surface area (Å²) in [5, 5.41) is 1.07. The first-order chi connectivity index (χ1) is 8.70. The Morgan fingerprint density at radius 2 is 2.05 bits per heavy atom. The summed E-state index contributed by atoms with van der Waals surface area (Å²) in [6.45, 7) is 1.21. The van der Waals surface area contributed by atoms with Crippen LogP contribution in [0, 0.1) is 0 Å². The second-order valence-electron chi connectivity index (χ2n) is 4.83. The van der Waals surface area contributed by atoms with E-state index in [9.17, 15) is 4.79 Å². The third-order valence-electron chi connectivity index (χ3n) is 3.28. The van der Waals surface area contributed by atoms with Crippen molar-refractivity contribution in [2.75, 3.05) is 13.6 Å². The van der Waals surface area contributed by atoms with Crippen LogP contribution < -0.4 is 5.73 Å². The molecule has 0 spiro atoms. The van der Waals surface area contributed by atoms with E-state index in [-0.39, 0.29) is 30.7 Å². The van der Waals surface area contributed by atoms with Gasteiger partial charge in [0.15, 0.2) is 0 Å². The largest absolute Gasteiger partial charge is 0.339 e. The monoisotopic (exact) mass is 339 g/mol. The zero-order chi connectivity index (χ0) is 13.0. The van der Waals surface area contributed by atoms with Crippen molar-refractivity contribution < 1.29 is 4.79 Å². The molecule has 2 rings (SSSR count). The Balaban J connectivity index is 0.00000180. The number of hydrogen-bond acceptors (Lipinski definition) is 4. The molecule has 7 heteroatoms. The number of rotatable bonds is 5. The van der Waals surface area contributed by atoms with E-state index in [0.717, 1.165) is 24.3 Å². The second-order valence-corrected chi connectivity index (χ2v) is 5.99. The van der Waals surface area contributed by atoms with Gasteiger partial charge in [-0.2, -0.15) is 0 Å². The fourth-order valence-corrected chi connectivity index (χ4v) is 3.42. The summed E-state index contributed by atoms with van der Waals surface area (Å²) in [5.41, 5.74) is 6.68. The number of aromatic nitrogens is 1. The van der Waals surface area contributed by atoms with Crippen LogP contribution in [0.5, 0.6) is 0 Å². The summed E-state index contributed by atoms with van der Waals surface area (Å²) < 4.78 is 0. The fraction of sp³-hybridized carbons (Fsp3) is 0.692. The number of fused-ring (bicyclic) bond motifs is 1. The Labute approximate surface area is 137 Å². The molecule has 20 heavy (non-hydrogen) atoms. The standard InChI is InChI=1S/C13H21N3OS.2ClH/c1-16(13(17)7-4-8-14)9-12-15-10-5-2-3-6-11(10)18-12;;/h2-9,14H2,1H3;2*1H. The van der Waals surface area contributed by atoms with E-state index in [1.165, 1.54) is 23.4 Å². The van der Waals surface area contributed by atoms with Gasteiger partial charge in [-0.15, -0.1) is 36.2 Å². The summed E-state index contributed by atoms with van der Waals surface area (Å²) in [7, 11) is 1.85. The first-order valence-electron chi connectivity index (χ1n) is 6.62. The number of hydrogen-bond donors (Lipinski definition) is 1. The van der Waals surface area contributed by atoms with Crippen LogP contribution in [-0.2, 0) is 24.2 Å². The van der Waals surface area contributed by atoms with Crippen molar-refractivity contribution >= 4 is 42.1 Å². The van der Waals surface area contributed by atoms with Crippen LogP contribution in [0.1, 0.15) is 41.3 Å². The molecule has 1 aromatic heterocycles. The number of halogens is 2. The van der Waals surface area contributed by atoms with Crippen molar-refractivity contribution in [1.82, 2.24) is 9.88 Å². The number of thiazole rings is 1. The highest BCUT2D eigenvalue weighted by Gasteiger charge is 2.17. The van der Waals surface area contributed by atoms with Gasteiger partial charge in [-0.05, 0) is 38.6 Å². The van der Waals surface area contributed by atoms with Crippen LogP contribution in [0.2, 0.25) is 0 Å². The van der Waals surface area contributed by atoms with Gasteiger partial charge >= 0.3 is 0 Å². The van der Waals surface area contributed by atoms with E-state index in [4.69, 9.17) is 5.73 Å². The lowest BCUT2D eigenvalue weighted by Crippen LogP contribution is -2.26. The summed E-state index contributed by atoms with van der Waals surface area (Å²) >= 11 is 1.78. The molecule has 0 bridgehead atoms. The van der Waals surface area contributed by atoms with Gasteiger partial charge in [0.25, 0.3) is 0 Å². The van der Waals surface area contributed by atoms with Gasteiger partial charge in [-0.1, -0.05) is 0 Å². The molecule has 1 aliphatic rings. The van der Waals surface area contributed by atoms with Crippen molar-refractivity contribution in [2.24, 2.45) is 5.73 Å². The molecule has 4 nitrogen and oxygen atoms in total. The molecule has 0 fully saturated rings. The summed E-state index contributed by atoms with van der Waals surface area (Å²) in [4.78, 5) is 19.6. The molecule has 0 unspecified atom stereocenters. The van der Waals surface area contributed by atoms with E-state index in [0.29, 0.717) is 19.5 Å². The van der Waals surface area contributed by atoms with Crippen LogP contribution in [-0.4, -0.2) is 29.4 Å². The minimum Gasteiger partial charge on any atom is -0.339 e. The number of nitrogens with zero attached hydrogens (tertiary/aromatic N) is 2. The highest BCUT2D eigenvalue weighted by molar-refractivity contribution is 7.11. The average Bonchev–Trinajstić information content (AvgIpc) is 2.77. The number of carbonyl (C=O) groups is 1. The second kappa shape index (κ2) is 9.55. The van der Waals surface area contributed by atoms with Crippen LogP contribution in [0.15, 0.2) is 0 Å². The van der Waals surface area contributed by atoms with E-state index in [1.54, 1.807) is 16.2 Å². The highest BCUT2D eigenvalue weighted by Crippen LogP contribution is 2.27. The molecule has 0 radical (unpaired) electrons. The minimum absolute atomic E-state index is 0. The maximum atomic E-state index is 11.8. The van der Waals surface area contributed by atoms with Gasteiger partial charge in [0, 0.05) is 18.3 Å². The molecule has 0 saturated heterocycles. The van der Waals surface area contributed by atoms with E-state index in [1.807, 2.05) is 7.05 Å². The third-order valence-corrected chi connectivity index (χ3v) is 4.43. The molecule has 116 valence electrons. The molecular weight excluding hydrogens is 317 g/mol. The molecule has 0 aliphatic heterocycles. The highest BCUT2D eigenvalue weighted by atomic mass is 35.5. The lowest BCUT2D eigenvalue weighted by molar-refractivity contribution is -0.130. The third kappa shape index (κ3) is 5.20. The van der Waals surface area contributed by atoms with Gasteiger partial charge in [0.2, 0.25) is 5.91 Å². The maximum Gasteiger partial charge on any atom is 0.222 e. The normalized spacial score (nSPS) is 12.9. The summed E-state index contributed by atoms with van der Waals surface area (Å²) in [6.07, 6.45) is 6.10. The van der Waals surface area contributed by atoms with Crippen LogP contribution in [0.25, 0.3) is 0 Å². The first kappa shape index (κ1) is 19.6. The molecule has 1 aliphatic carbocycles. The quantitative estimate of drug-likeness (QED) is 0.896. The molecule has 0 aromatic carbocycles. The number of aryl methyl sites for hydroxylation is 2. The summed E-state index contributed by atoms with van der Waals surface area (Å²) in [5.74, 6) is 0.161. The zero-order valence-corrected chi connectivity index (χ0v) is 14.2. The van der Waals surface area contributed by atoms with E-state index >= 15 is 0 Å². The van der Waals surface area contributed by atoms with Crippen molar-refractivity contribution in [3.8, 4) is 0 Å². The van der Waals surface area contributed by atoms with Gasteiger partial charge in [-0.3, -0.25) is 4.79 Å². The van der Waals surface area contributed by atoms with Gasteiger partial charge < -0.3 is 10.6 Å². The van der Waals surface area contributed by atoms with E-state index in [2.05, 4.69) is 4.98 Å². The Bertz CT molecular complexity index is 402. The predicted molar refractivity (Wildman–Crippen MR) is 88.0 cm³/mol. The molecule has 0 saturated carbocycles. The average molecular weight is 340 g/mol. The van der Waals surface area contributed by atoms with Crippen LogP contribution in [0.4, 0.5) is 0 Å². The van der Waals surface area contributed by atoms with Crippen LogP contribution in [0.3, 0.4) is 0 Å². The van der Waals surface area contributed by atoms with Crippen molar-refractivity contribution in [3.05, 3.63) is 15.6 Å². The van der Waals surface area contributed by atoms with Crippen molar-refractivity contribution in [1.29, 1.82) is 0 Å². The number of amides is 1. The molecule has 1 amide bonds. The molecule has 0 atom stereocenters. The Morgan fingerprint density at radius 3 is 2.70 bits per heavy atom. The summed E-state index contributed by atoms with van der Waals surface area (Å²) in [6, 6.07) is 0. The predicted octanol–water partition coefficient (Wildman–Crippen LogP) is 2.56. The van der Waals surface area contributed by atoms with E-state index < -0.39 is 0 Å². The first-order valence-corrected chi connectivity index (χ1v) is 7.44. The zero-order valence-electron chi connectivity index (χ0n) is 11.8. The molecule has 2 N–H and O–H groups in total. The Morgan fingerprint density at radius 1 is 1.35 bits per heavy atom. The lowest BCUT2D eigenvalue weighted by Gasteiger charge is -2.15. The smallest absolute Gasteiger partial charge is 0.222 e. The van der Waals surface area contributed by atoms with Gasteiger partial charge in [-0.25, -0.2) is 4.98 Å². The minimum atomic E-state index is 0. The number of nitrogens with two attached hydrogens (primary N) is 1. The Kier molecular flexibility index (Phi) is 9.38. The van der Waals surface area contributed by atoms with Crippen molar-refractivity contribution in [3.63, 3.8) is 0 Å². The lowest BCUT2D eigenvalue weighted by atomic mass is 10.0. The van der Waals surface area contributed by atoms with Gasteiger partial charge in [0.1, 0.15) is 5.01 Å². The SMILES string of the molecule is CN(Cc1nc2c(s1)CCCC2)C(=O)CCCN.Cl.Cl. The molecule has 1 aromatic rings. The van der Waals surface area contributed by atoms with Crippen LogP contribution >= 0.6 is 36.2 Å². The van der Waals surface area contributed by atoms with Crippen molar-refractivity contribution in [2.45, 2.75) is 45.1 Å². The molecular formula is C13H23Cl2N3OS.